The molecule has 6 heteroatoms. The van der Waals surface area contributed by atoms with Gasteiger partial charge in [-0.15, -0.1) is 0 Å². The summed E-state index contributed by atoms with van der Waals surface area (Å²) < 4.78 is 9.26. The second-order valence-corrected chi connectivity index (χ2v) is 4.17. The van der Waals surface area contributed by atoms with Crippen molar-refractivity contribution in [1.29, 1.82) is 0 Å². The second kappa shape index (κ2) is 4.54. The number of methoxy groups -OCH3 is 1. The van der Waals surface area contributed by atoms with Crippen LogP contribution in [0.4, 0.5) is 0 Å². The van der Waals surface area contributed by atoms with Crippen molar-refractivity contribution in [3.63, 3.8) is 0 Å². The van der Waals surface area contributed by atoms with E-state index in [1.165, 1.54) is 7.11 Å². The number of aliphatic hydroxyl groups is 2. The Balaban J connectivity index is 2.66. The summed E-state index contributed by atoms with van der Waals surface area (Å²) in [6, 6.07) is 0. The minimum absolute atomic E-state index is 0.278. The molecule has 1 aliphatic heterocycles. The predicted molar refractivity (Wildman–Crippen MR) is 51.3 cm³/mol. The highest BCUT2D eigenvalue weighted by Gasteiger charge is 2.40. The fourth-order valence-electron chi connectivity index (χ4n) is 1.14. The molecule has 0 aromatic rings. The Morgan fingerprint density at radius 3 is 2.77 bits per heavy atom. The Kier molecular flexibility index (Phi) is 3.89. The quantitative estimate of drug-likeness (QED) is 0.385. The van der Waals surface area contributed by atoms with E-state index >= 15 is 0 Å². The van der Waals surface area contributed by atoms with Gasteiger partial charge in [0, 0.05) is 6.42 Å². The van der Waals surface area contributed by atoms with Crippen LogP contribution in [0.2, 0.25) is 0 Å². The highest BCUT2D eigenvalue weighted by Crippen LogP contribution is 2.24. The molecule has 0 radical (unpaired) electrons. The molecule has 1 aliphatic rings. The summed E-state index contributed by atoms with van der Waals surface area (Å²) in [4.78, 5) is 11.0. The molecule has 0 aromatic carbocycles. The first kappa shape index (κ1) is 11.2. The molecule has 1 heterocycles. The summed E-state index contributed by atoms with van der Waals surface area (Å²) >= 11 is 1.95. The molecule has 0 bridgehead atoms. The number of halogens is 1. The minimum atomic E-state index is -1.20. The van der Waals surface area contributed by atoms with Crippen LogP contribution in [0.3, 0.4) is 0 Å². The molecule has 1 unspecified atom stereocenters. The molecule has 76 valence electrons. The van der Waals surface area contributed by atoms with Crippen LogP contribution in [0.5, 0.6) is 0 Å². The van der Waals surface area contributed by atoms with Crippen LogP contribution in [0.15, 0.2) is 0 Å². The van der Waals surface area contributed by atoms with Gasteiger partial charge in [0.2, 0.25) is 0 Å². The summed E-state index contributed by atoms with van der Waals surface area (Å²) in [5.41, 5.74) is 0. The summed E-state index contributed by atoms with van der Waals surface area (Å²) in [6.07, 6.45) is -2.89. The van der Waals surface area contributed by atoms with Gasteiger partial charge in [-0.2, -0.15) is 0 Å². The minimum Gasteiger partial charge on any atom is -0.467 e. The van der Waals surface area contributed by atoms with E-state index in [0.717, 1.165) is 0 Å². The van der Waals surface area contributed by atoms with Crippen molar-refractivity contribution in [2.45, 2.75) is 28.8 Å². The molecule has 1 fully saturated rings. The van der Waals surface area contributed by atoms with Crippen LogP contribution in [-0.4, -0.2) is 45.7 Å². The summed E-state index contributed by atoms with van der Waals surface area (Å²) in [5.74, 6) is -0.659. The smallest absolute Gasteiger partial charge is 0.337 e. The molecule has 0 aromatic heterocycles. The van der Waals surface area contributed by atoms with E-state index in [4.69, 9.17) is 4.74 Å². The molecule has 0 spiro atoms. The average molecular weight is 302 g/mol. The Morgan fingerprint density at radius 2 is 2.23 bits per heavy atom. The highest BCUT2D eigenvalue weighted by atomic mass is 127. The zero-order valence-corrected chi connectivity index (χ0v) is 9.17. The van der Waals surface area contributed by atoms with Crippen molar-refractivity contribution in [2.24, 2.45) is 0 Å². The lowest BCUT2D eigenvalue weighted by Crippen LogP contribution is -2.50. The zero-order chi connectivity index (χ0) is 10.0. The average Bonchev–Trinajstić information content (AvgIpc) is 2.10. The van der Waals surface area contributed by atoms with Crippen LogP contribution in [0.25, 0.3) is 0 Å². The van der Waals surface area contributed by atoms with E-state index in [0.29, 0.717) is 6.42 Å². The number of carbonyl (C=O) groups is 1. The molecule has 1 rings (SSSR count). The van der Waals surface area contributed by atoms with Crippen LogP contribution < -0.4 is 0 Å². The largest absolute Gasteiger partial charge is 0.467 e. The maximum absolute atomic E-state index is 11.0. The van der Waals surface area contributed by atoms with Crippen molar-refractivity contribution in [3.8, 4) is 0 Å². The van der Waals surface area contributed by atoms with Gasteiger partial charge in [0.05, 0.1) is 13.2 Å². The zero-order valence-electron chi connectivity index (χ0n) is 7.01. The maximum atomic E-state index is 11.0. The number of carbonyl (C=O) groups excluding carboxylic acids is 1. The Morgan fingerprint density at radius 1 is 1.62 bits per heavy atom. The fraction of sp³-hybridized carbons (Fsp3) is 0.857. The number of esters is 1. The number of alkyl halides is 1. The molecule has 5 nitrogen and oxygen atoms in total. The third-order valence-electron chi connectivity index (χ3n) is 1.86. The Hall–Kier alpha value is 0.0800. The van der Waals surface area contributed by atoms with Crippen LogP contribution in [0, 0.1) is 0 Å². The van der Waals surface area contributed by atoms with E-state index in [1.54, 1.807) is 0 Å². The lowest BCUT2D eigenvalue weighted by atomic mass is 10.0. The number of aliphatic hydroxyl groups excluding tert-OH is 2. The second-order valence-electron chi connectivity index (χ2n) is 2.78. The van der Waals surface area contributed by atoms with Gasteiger partial charge in [-0.3, -0.25) is 0 Å². The van der Waals surface area contributed by atoms with E-state index in [2.05, 4.69) is 4.74 Å². The number of hydrogen-bond donors (Lipinski definition) is 2. The molecule has 0 aliphatic carbocycles. The first-order chi connectivity index (χ1) is 6.06. The topological polar surface area (TPSA) is 76.0 Å². The summed E-state index contributed by atoms with van der Waals surface area (Å²) in [6.45, 7) is 0. The molecule has 4 atom stereocenters. The molecule has 2 N–H and O–H groups in total. The summed E-state index contributed by atoms with van der Waals surface area (Å²) in [7, 11) is 1.21. The number of ether oxygens (including phenoxy) is 2. The van der Waals surface area contributed by atoms with Gasteiger partial charge in [-0.05, 0) is 0 Å². The van der Waals surface area contributed by atoms with Crippen molar-refractivity contribution in [1.82, 2.24) is 0 Å². The third-order valence-corrected chi connectivity index (χ3v) is 2.66. The van der Waals surface area contributed by atoms with Gasteiger partial charge >= 0.3 is 5.97 Å². The van der Waals surface area contributed by atoms with Gasteiger partial charge in [-0.1, -0.05) is 22.6 Å². The monoisotopic (exact) mass is 302 g/mol. The van der Waals surface area contributed by atoms with E-state index < -0.39 is 24.3 Å². The summed E-state index contributed by atoms with van der Waals surface area (Å²) in [5, 5.41) is 18.7. The van der Waals surface area contributed by atoms with Crippen molar-refractivity contribution >= 4 is 28.6 Å². The molecule has 0 saturated carbocycles. The Bertz CT molecular complexity index is 197. The first-order valence-corrected chi connectivity index (χ1v) is 5.04. The van der Waals surface area contributed by atoms with E-state index in [-0.39, 0.29) is 4.11 Å². The standard InChI is InChI=1S/C7H11IO5/c1-12-7(11)6-5(10)3(9)2-4(8)13-6/h3-6,9-10H,2H2,1H3/t3-,4?,5+,6+/m1/s1. The molecule has 13 heavy (non-hydrogen) atoms. The van der Waals surface area contributed by atoms with E-state index in [9.17, 15) is 15.0 Å². The van der Waals surface area contributed by atoms with Crippen molar-refractivity contribution < 1.29 is 24.5 Å². The normalized spacial score (nSPS) is 40.0. The van der Waals surface area contributed by atoms with Crippen molar-refractivity contribution in [3.05, 3.63) is 0 Å². The van der Waals surface area contributed by atoms with Crippen LogP contribution in [0.1, 0.15) is 6.42 Å². The lowest BCUT2D eigenvalue weighted by molar-refractivity contribution is -0.182. The van der Waals surface area contributed by atoms with Gasteiger partial charge < -0.3 is 19.7 Å². The molecular formula is C7H11IO5. The molecule has 1 saturated heterocycles. The molecule has 0 amide bonds. The molecular weight excluding hydrogens is 291 g/mol. The van der Waals surface area contributed by atoms with Crippen LogP contribution >= 0.6 is 22.6 Å². The third kappa shape index (κ3) is 2.52. The number of rotatable bonds is 1. The maximum Gasteiger partial charge on any atom is 0.337 e. The van der Waals surface area contributed by atoms with Crippen LogP contribution in [-0.2, 0) is 14.3 Å². The fourth-order valence-corrected chi connectivity index (χ4v) is 1.97. The Labute approximate surface area is 89.2 Å². The lowest BCUT2D eigenvalue weighted by Gasteiger charge is -2.33. The van der Waals surface area contributed by atoms with Gasteiger partial charge in [0.15, 0.2) is 6.10 Å². The predicted octanol–water partition coefficient (Wildman–Crippen LogP) is -0.569. The van der Waals surface area contributed by atoms with Gasteiger partial charge in [0.1, 0.15) is 10.2 Å². The van der Waals surface area contributed by atoms with Gasteiger partial charge in [-0.25, -0.2) is 4.79 Å². The SMILES string of the molecule is COC(=O)[C@H]1OC(I)C[C@@H](O)[C@@H]1O. The highest BCUT2D eigenvalue weighted by molar-refractivity contribution is 14.1. The van der Waals surface area contributed by atoms with E-state index in [1.807, 2.05) is 22.6 Å². The van der Waals surface area contributed by atoms with Gasteiger partial charge in [0.25, 0.3) is 0 Å². The number of hydrogen-bond acceptors (Lipinski definition) is 5. The van der Waals surface area contributed by atoms with Crippen molar-refractivity contribution in [2.75, 3.05) is 7.11 Å². The first-order valence-electron chi connectivity index (χ1n) is 3.79.